The molecule has 0 fully saturated rings. The molecule has 2 amide bonds. The third-order valence-electron chi connectivity index (χ3n) is 5.45. The third kappa shape index (κ3) is 6.53. The van der Waals surface area contributed by atoms with Crippen LogP contribution in [0.3, 0.4) is 0 Å². The number of methoxy groups -OCH3 is 1. The van der Waals surface area contributed by atoms with E-state index in [9.17, 15) is 18.4 Å². The Kier molecular flexibility index (Phi) is 7.69. The van der Waals surface area contributed by atoms with E-state index in [1.807, 2.05) is 48.5 Å². The highest BCUT2D eigenvalue weighted by Crippen LogP contribution is 2.17. The van der Waals surface area contributed by atoms with Gasteiger partial charge in [-0.2, -0.15) is 0 Å². The number of nitrogens with zero attached hydrogens (tertiary/aromatic N) is 2. The van der Waals surface area contributed by atoms with Gasteiger partial charge in [-0.15, -0.1) is 0 Å². The van der Waals surface area contributed by atoms with Gasteiger partial charge in [0.25, 0.3) is 5.91 Å². The molecule has 36 heavy (non-hydrogen) atoms. The number of amides is 2. The van der Waals surface area contributed by atoms with Gasteiger partial charge in [-0.05, 0) is 53.9 Å². The van der Waals surface area contributed by atoms with Crippen LogP contribution in [0.15, 0.2) is 79.3 Å². The zero-order valence-electron chi connectivity index (χ0n) is 19.5. The van der Waals surface area contributed by atoms with E-state index in [0.29, 0.717) is 31.1 Å². The minimum absolute atomic E-state index is 0.0820. The molecule has 0 spiro atoms. The van der Waals surface area contributed by atoms with Crippen molar-refractivity contribution in [1.29, 1.82) is 0 Å². The normalized spacial score (nSPS) is 10.6. The molecule has 9 heteroatoms. The minimum Gasteiger partial charge on any atom is -0.497 e. The molecule has 0 aliphatic rings. The first-order valence-electron chi connectivity index (χ1n) is 11.2. The molecule has 2 N–H and O–H groups in total. The molecule has 1 aromatic heterocycles. The summed E-state index contributed by atoms with van der Waals surface area (Å²) >= 11 is 0. The molecule has 0 aliphatic heterocycles. The average Bonchev–Trinajstić information content (AvgIpc) is 3.34. The van der Waals surface area contributed by atoms with Crippen LogP contribution in [-0.2, 0) is 17.8 Å². The Morgan fingerprint density at radius 2 is 1.67 bits per heavy atom. The summed E-state index contributed by atoms with van der Waals surface area (Å²) in [6, 6.07) is 17.9. The molecule has 0 radical (unpaired) electrons. The highest BCUT2D eigenvalue weighted by atomic mass is 19.1. The van der Waals surface area contributed by atoms with Crippen LogP contribution in [0.2, 0.25) is 0 Å². The van der Waals surface area contributed by atoms with Crippen LogP contribution in [0.1, 0.15) is 28.0 Å². The number of carbonyl (C=O) groups is 2. The second-order valence-electron chi connectivity index (χ2n) is 8.10. The van der Waals surface area contributed by atoms with Crippen molar-refractivity contribution in [3.05, 3.63) is 108 Å². The van der Waals surface area contributed by atoms with Crippen molar-refractivity contribution >= 4 is 23.2 Å². The second kappa shape index (κ2) is 11.3. The van der Waals surface area contributed by atoms with E-state index in [1.165, 1.54) is 12.5 Å². The number of imidazole rings is 1. The molecule has 0 unspecified atom stereocenters. The highest BCUT2D eigenvalue weighted by molar-refractivity contribution is 6.02. The average molecular weight is 491 g/mol. The number of nitrogens with one attached hydrogen (secondary N) is 2. The Morgan fingerprint density at radius 3 is 2.36 bits per heavy atom. The van der Waals surface area contributed by atoms with Crippen molar-refractivity contribution < 1.29 is 23.1 Å². The SMILES string of the molecule is COc1ccc(CCC(=O)Nc2ccc(Cn3cnc(C(=O)Nc4ccc(F)cc4F)c3)cc2)cc1. The molecule has 4 rings (SSSR count). The lowest BCUT2D eigenvalue weighted by Crippen LogP contribution is -2.13. The van der Waals surface area contributed by atoms with Crippen LogP contribution in [-0.4, -0.2) is 28.5 Å². The predicted molar refractivity (Wildman–Crippen MR) is 132 cm³/mol. The predicted octanol–water partition coefficient (Wildman–Crippen LogP) is 5.04. The molecule has 0 aliphatic carbocycles. The molecule has 7 nitrogen and oxygen atoms in total. The summed E-state index contributed by atoms with van der Waals surface area (Å²) in [5, 5.41) is 5.27. The lowest BCUT2D eigenvalue weighted by molar-refractivity contribution is -0.116. The molecule has 1 heterocycles. The van der Waals surface area contributed by atoms with Gasteiger partial charge < -0.3 is 19.9 Å². The number of halogens is 2. The quantitative estimate of drug-likeness (QED) is 0.344. The maximum atomic E-state index is 13.8. The molecule has 3 aromatic carbocycles. The van der Waals surface area contributed by atoms with Crippen molar-refractivity contribution in [2.24, 2.45) is 0 Å². The number of anilines is 2. The van der Waals surface area contributed by atoms with Gasteiger partial charge in [0.05, 0.1) is 19.1 Å². The van der Waals surface area contributed by atoms with E-state index in [0.717, 1.165) is 29.0 Å². The van der Waals surface area contributed by atoms with Gasteiger partial charge in [0.15, 0.2) is 0 Å². The maximum absolute atomic E-state index is 13.8. The van der Waals surface area contributed by atoms with Gasteiger partial charge in [-0.3, -0.25) is 9.59 Å². The van der Waals surface area contributed by atoms with E-state index in [1.54, 1.807) is 11.7 Å². The number of aryl methyl sites for hydroxylation is 1. The summed E-state index contributed by atoms with van der Waals surface area (Å²) in [6.07, 6.45) is 4.00. The Balaban J connectivity index is 1.27. The molecule has 0 saturated carbocycles. The van der Waals surface area contributed by atoms with Crippen molar-refractivity contribution in [3.63, 3.8) is 0 Å². The van der Waals surface area contributed by atoms with Crippen molar-refractivity contribution in [2.45, 2.75) is 19.4 Å². The lowest BCUT2D eigenvalue weighted by atomic mass is 10.1. The van der Waals surface area contributed by atoms with E-state index >= 15 is 0 Å². The standard InChI is InChI=1S/C27H24F2N4O3/c1-36-22-10-4-18(5-11-22)6-13-26(34)31-21-8-2-19(3-9-21)15-33-16-25(30-17-33)27(35)32-24-12-7-20(28)14-23(24)29/h2-5,7-12,14,16-17H,6,13,15H2,1H3,(H,31,34)(H,32,35). The van der Waals surface area contributed by atoms with Gasteiger partial charge in [0.2, 0.25) is 5.91 Å². The molecule has 184 valence electrons. The molecule has 4 aromatic rings. The maximum Gasteiger partial charge on any atom is 0.275 e. The summed E-state index contributed by atoms with van der Waals surface area (Å²) in [4.78, 5) is 28.7. The van der Waals surface area contributed by atoms with Crippen LogP contribution >= 0.6 is 0 Å². The van der Waals surface area contributed by atoms with Crippen LogP contribution in [0.5, 0.6) is 5.75 Å². The Bertz CT molecular complexity index is 1350. The number of rotatable bonds is 9. The topological polar surface area (TPSA) is 85.2 Å². The molecule has 0 atom stereocenters. The smallest absolute Gasteiger partial charge is 0.275 e. The highest BCUT2D eigenvalue weighted by Gasteiger charge is 2.13. The van der Waals surface area contributed by atoms with E-state index < -0.39 is 17.5 Å². The fraction of sp³-hybridized carbons (Fsp3) is 0.148. The Morgan fingerprint density at radius 1 is 0.944 bits per heavy atom. The zero-order chi connectivity index (χ0) is 25.5. The molecule has 0 saturated heterocycles. The first-order chi connectivity index (χ1) is 17.4. The molecular weight excluding hydrogens is 466 g/mol. The minimum atomic E-state index is -0.865. The fourth-order valence-electron chi connectivity index (χ4n) is 3.52. The second-order valence-corrected chi connectivity index (χ2v) is 8.10. The summed E-state index contributed by atoms with van der Waals surface area (Å²) in [5.74, 6) is -1.50. The Hall–Kier alpha value is -4.53. The summed E-state index contributed by atoms with van der Waals surface area (Å²) in [5.41, 5.74) is 2.64. The van der Waals surface area contributed by atoms with Crippen LogP contribution in [0.25, 0.3) is 0 Å². The van der Waals surface area contributed by atoms with Crippen LogP contribution in [0, 0.1) is 11.6 Å². The van der Waals surface area contributed by atoms with Gasteiger partial charge >= 0.3 is 0 Å². The molecule has 0 bridgehead atoms. The first kappa shape index (κ1) is 24.6. The lowest BCUT2D eigenvalue weighted by Gasteiger charge is -2.08. The number of ether oxygens (including phenoxy) is 1. The molecular formula is C27H24F2N4O3. The van der Waals surface area contributed by atoms with E-state index in [2.05, 4.69) is 15.6 Å². The summed E-state index contributed by atoms with van der Waals surface area (Å²) in [7, 11) is 1.61. The van der Waals surface area contributed by atoms with Gasteiger partial charge in [0.1, 0.15) is 23.1 Å². The van der Waals surface area contributed by atoms with Crippen LogP contribution in [0.4, 0.5) is 20.2 Å². The zero-order valence-corrected chi connectivity index (χ0v) is 19.5. The van der Waals surface area contributed by atoms with Crippen molar-refractivity contribution in [3.8, 4) is 5.75 Å². The summed E-state index contributed by atoms with van der Waals surface area (Å²) < 4.78 is 33.6. The third-order valence-corrected chi connectivity index (χ3v) is 5.45. The van der Waals surface area contributed by atoms with Gasteiger partial charge in [-0.25, -0.2) is 13.8 Å². The largest absolute Gasteiger partial charge is 0.497 e. The monoisotopic (exact) mass is 490 g/mol. The number of carbonyl (C=O) groups excluding carboxylic acids is 2. The van der Waals surface area contributed by atoms with Crippen molar-refractivity contribution in [1.82, 2.24) is 9.55 Å². The number of hydrogen-bond donors (Lipinski definition) is 2. The van der Waals surface area contributed by atoms with E-state index in [-0.39, 0.29) is 17.3 Å². The van der Waals surface area contributed by atoms with Crippen LogP contribution < -0.4 is 15.4 Å². The number of aromatic nitrogens is 2. The summed E-state index contributed by atoms with van der Waals surface area (Å²) in [6.45, 7) is 0.441. The number of benzene rings is 3. The Labute approximate surface area is 206 Å². The van der Waals surface area contributed by atoms with Crippen molar-refractivity contribution in [2.75, 3.05) is 17.7 Å². The number of hydrogen-bond acceptors (Lipinski definition) is 4. The first-order valence-corrected chi connectivity index (χ1v) is 11.2. The van der Waals surface area contributed by atoms with E-state index in [4.69, 9.17) is 4.74 Å². The van der Waals surface area contributed by atoms with Gasteiger partial charge in [-0.1, -0.05) is 24.3 Å². The van der Waals surface area contributed by atoms with Gasteiger partial charge in [0, 0.05) is 30.9 Å². The fourth-order valence-corrected chi connectivity index (χ4v) is 3.52.